The van der Waals surface area contributed by atoms with Crippen molar-refractivity contribution in [1.82, 2.24) is 9.88 Å². The maximum absolute atomic E-state index is 12.0. The van der Waals surface area contributed by atoms with E-state index in [0.717, 1.165) is 16.5 Å². The third-order valence-corrected chi connectivity index (χ3v) is 4.18. The van der Waals surface area contributed by atoms with Crippen molar-refractivity contribution in [2.75, 3.05) is 7.05 Å². The van der Waals surface area contributed by atoms with Crippen LogP contribution >= 0.6 is 22.7 Å². The molecule has 7 heteroatoms. The van der Waals surface area contributed by atoms with Crippen LogP contribution in [0.25, 0.3) is 6.08 Å². The standard InChI is InChI=1S/C13H12N2O3S2/c1-15(13(18)11-5-14-8-20-11)6-9-4-10(19-7-9)2-3-12(16)17/h2-5,7-8H,6H2,1H3,(H,16,17)/b3-2+. The number of hydrogen-bond donors (Lipinski definition) is 1. The number of carbonyl (C=O) groups is 2. The van der Waals surface area contributed by atoms with Crippen LogP contribution in [0.1, 0.15) is 20.1 Å². The molecule has 1 amide bonds. The van der Waals surface area contributed by atoms with Gasteiger partial charge >= 0.3 is 5.97 Å². The first-order valence-corrected chi connectivity index (χ1v) is 7.44. The van der Waals surface area contributed by atoms with Gasteiger partial charge in [0.2, 0.25) is 0 Å². The minimum atomic E-state index is -0.975. The minimum Gasteiger partial charge on any atom is -0.478 e. The van der Waals surface area contributed by atoms with Gasteiger partial charge in [-0.3, -0.25) is 9.78 Å². The third kappa shape index (κ3) is 3.75. The van der Waals surface area contributed by atoms with E-state index in [2.05, 4.69) is 4.98 Å². The summed E-state index contributed by atoms with van der Waals surface area (Å²) in [5.74, 6) is -1.04. The zero-order valence-electron chi connectivity index (χ0n) is 10.6. The second kappa shape index (κ2) is 6.44. The fourth-order valence-corrected chi connectivity index (χ4v) is 2.98. The minimum absolute atomic E-state index is 0.0682. The number of amides is 1. The lowest BCUT2D eigenvalue weighted by molar-refractivity contribution is -0.131. The van der Waals surface area contributed by atoms with Crippen LogP contribution in [-0.4, -0.2) is 33.9 Å². The summed E-state index contributed by atoms with van der Waals surface area (Å²) in [6.45, 7) is 0.480. The van der Waals surface area contributed by atoms with Gasteiger partial charge in [-0.2, -0.15) is 0 Å². The molecular weight excluding hydrogens is 296 g/mol. The quantitative estimate of drug-likeness (QED) is 0.862. The number of aliphatic carboxylic acids is 1. The number of aromatic nitrogens is 1. The maximum Gasteiger partial charge on any atom is 0.328 e. The Morgan fingerprint density at radius 3 is 2.90 bits per heavy atom. The van der Waals surface area contributed by atoms with Crippen molar-refractivity contribution in [1.29, 1.82) is 0 Å². The molecule has 0 aliphatic rings. The van der Waals surface area contributed by atoms with Crippen LogP contribution in [0.15, 0.2) is 29.2 Å². The van der Waals surface area contributed by atoms with Crippen LogP contribution in [0, 0.1) is 0 Å². The summed E-state index contributed by atoms with van der Waals surface area (Å²) in [6.07, 6.45) is 4.20. The van der Waals surface area contributed by atoms with Gasteiger partial charge < -0.3 is 10.0 Å². The first-order valence-electron chi connectivity index (χ1n) is 5.68. The molecule has 0 saturated heterocycles. The molecule has 5 nitrogen and oxygen atoms in total. The molecule has 2 aromatic rings. The topological polar surface area (TPSA) is 70.5 Å². The number of nitrogens with zero attached hydrogens (tertiary/aromatic N) is 2. The highest BCUT2D eigenvalue weighted by Crippen LogP contribution is 2.18. The maximum atomic E-state index is 12.0. The van der Waals surface area contributed by atoms with Crippen molar-refractivity contribution in [2.24, 2.45) is 0 Å². The Balaban J connectivity index is 2.00. The van der Waals surface area contributed by atoms with Gasteiger partial charge in [0.25, 0.3) is 5.91 Å². The lowest BCUT2D eigenvalue weighted by Gasteiger charge is -2.14. The van der Waals surface area contributed by atoms with Gasteiger partial charge in [0.1, 0.15) is 4.88 Å². The van der Waals surface area contributed by atoms with Crippen LogP contribution in [0.2, 0.25) is 0 Å². The molecule has 2 heterocycles. The van der Waals surface area contributed by atoms with Gasteiger partial charge in [0.15, 0.2) is 0 Å². The van der Waals surface area contributed by atoms with Crippen molar-refractivity contribution in [3.63, 3.8) is 0 Å². The first kappa shape index (κ1) is 14.4. The van der Waals surface area contributed by atoms with Gasteiger partial charge in [-0.15, -0.1) is 22.7 Å². The summed E-state index contributed by atoms with van der Waals surface area (Å²) in [5.41, 5.74) is 2.60. The second-order valence-corrected chi connectivity index (χ2v) is 5.88. The largest absolute Gasteiger partial charge is 0.478 e. The Bertz CT molecular complexity index is 632. The van der Waals surface area contributed by atoms with Gasteiger partial charge in [-0.05, 0) is 23.1 Å². The predicted octanol–water partition coefficient (Wildman–Crippen LogP) is 2.57. The smallest absolute Gasteiger partial charge is 0.328 e. The fraction of sp³-hybridized carbons (Fsp3) is 0.154. The molecule has 20 heavy (non-hydrogen) atoms. The van der Waals surface area contributed by atoms with Crippen molar-refractivity contribution >= 4 is 40.6 Å². The summed E-state index contributed by atoms with van der Waals surface area (Å²) >= 11 is 2.76. The summed E-state index contributed by atoms with van der Waals surface area (Å²) in [7, 11) is 1.73. The van der Waals surface area contributed by atoms with E-state index in [9.17, 15) is 9.59 Å². The van der Waals surface area contributed by atoms with E-state index < -0.39 is 5.97 Å². The van der Waals surface area contributed by atoms with Crippen molar-refractivity contribution in [3.05, 3.63) is 44.5 Å². The van der Waals surface area contributed by atoms with Crippen molar-refractivity contribution in [3.8, 4) is 0 Å². The van der Waals surface area contributed by atoms with Gasteiger partial charge in [-0.25, -0.2) is 4.79 Å². The normalized spacial score (nSPS) is 10.8. The third-order valence-electron chi connectivity index (χ3n) is 2.47. The van der Waals surface area contributed by atoms with Crippen molar-refractivity contribution in [2.45, 2.75) is 6.54 Å². The van der Waals surface area contributed by atoms with E-state index >= 15 is 0 Å². The van der Waals surface area contributed by atoms with Crippen LogP contribution in [0.5, 0.6) is 0 Å². The first-order chi connectivity index (χ1) is 9.56. The summed E-state index contributed by atoms with van der Waals surface area (Å²) in [5, 5.41) is 10.5. The molecule has 0 aliphatic heterocycles. The van der Waals surface area contributed by atoms with Crippen LogP contribution in [-0.2, 0) is 11.3 Å². The molecule has 0 fully saturated rings. The molecule has 0 saturated carbocycles. The molecule has 0 aromatic carbocycles. The number of thiophene rings is 1. The lowest BCUT2D eigenvalue weighted by Crippen LogP contribution is -2.25. The fourth-order valence-electron chi connectivity index (χ4n) is 1.57. The summed E-state index contributed by atoms with van der Waals surface area (Å²) in [6, 6.07) is 1.88. The zero-order valence-corrected chi connectivity index (χ0v) is 12.3. The Kier molecular flexibility index (Phi) is 4.65. The van der Waals surface area contributed by atoms with Crippen molar-refractivity contribution < 1.29 is 14.7 Å². The Morgan fingerprint density at radius 2 is 2.25 bits per heavy atom. The predicted molar refractivity (Wildman–Crippen MR) is 78.9 cm³/mol. The zero-order chi connectivity index (χ0) is 14.5. The number of thiazole rings is 1. The monoisotopic (exact) mass is 308 g/mol. The molecule has 0 spiro atoms. The molecule has 0 atom stereocenters. The molecule has 1 N–H and O–H groups in total. The molecule has 0 bridgehead atoms. The number of rotatable bonds is 5. The van der Waals surface area contributed by atoms with Gasteiger partial charge in [0, 0.05) is 24.5 Å². The van der Waals surface area contributed by atoms with E-state index in [0.29, 0.717) is 11.4 Å². The van der Waals surface area contributed by atoms with Gasteiger partial charge in [-0.1, -0.05) is 0 Å². The Morgan fingerprint density at radius 1 is 1.45 bits per heavy atom. The van der Waals surface area contributed by atoms with E-state index in [1.54, 1.807) is 29.7 Å². The highest BCUT2D eigenvalue weighted by Gasteiger charge is 2.13. The summed E-state index contributed by atoms with van der Waals surface area (Å²) < 4.78 is 0. The van der Waals surface area contributed by atoms with E-state index in [1.165, 1.54) is 22.7 Å². The van der Waals surface area contributed by atoms with E-state index in [1.807, 2.05) is 11.4 Å². The lowest BCUT2D eigenvalue weighted by atomic mass is 10.2. The number of hydrogen-bond acceptors (Lipinski definition) is 5. The van der Waals surface area contributed by atoms with Gasteiger partial charge in [0.05, 0.1) is 11.7 Å². The van der Waals surface area contributed by atoms with Crippen LogP contribution < -0.4 is 0 Å². The summed E-state index contributed by atoms with van der Waals surface area (Å²) in [4.78, 5) is 29.4. The van der Waals surface area contributed by atoms with E-state index in [4.69, 9.17) is 5.11 Å². The number of carboxylic acid groups (broad SMARTS) is 1. The molecule has 104 valence electrons. The molecular formula is C13H12N2O3S2. The second-order valence-electron chi connectivity index (χ2n) is 4.06. The highest BCUT2D eigenvalue weighted by atomic mass is 32.1. The number of carboxylic acids is 1. The SMILES string of the molecule is CN(Cc1csc(/C=C/C(=O)O)c1)C(=O)c1cncs1. The Labute approximate surface area is 123 Å². The molecule has 0 radical (unpaired) electrons. The average molecular weight is 308 g/mol. The molecule has 0 unspecified atom stereocenters. The molecule has 2 aromatic heterocycles. The van der Waals surface area contributed by atoms with E-state index in [-0.39, 0.29) is 5.91 Å². The average Bonchev–Trinajstić information content (AvgIpc) is 3.06. The van der Waals surface area contributed by atoms with Crippen LogP contribution in [0.4, 0.5) is 0 Å². The molecule has 2 rings (SSSR count). The molecule has 0 aliphatic carbocycles. The van der Waals surface area contributed by atoms with Crippen LogP contribution in [0.3, 0.4) is 0 Å². The highest BCUT2D eigenvalue weighted by molar-refractivity contribution is 7.11. The number of carbonyl (C=O) groups excluding carboxylic acids is 1. The Hall–Kier alpha value is -1.99.